The summed E-state index contributed by atoms with van der Waals surface area (Å²) in [5, 5.41) is 1.86. The van der Waals surface area contributed by atoms with Crippen molar-refractivity contribution in [2.24, 2.45) is 0 Å². The van der Waals surface area contributed by atoms with Crippen molar-refractivity contribution in [3.63, 3.8) is 0 Å². The first-order valence-electron chi connectivity index (χ1n) is 12.6. The van der Waals surface area contributed by atoms with Crippen molar-refractivity contribution < 1.29 is 30.7 Å². The molecule has 0 N–H and O–H groups in total. The van der Waals surface area contributed by atoms with Gasteiger partial charge in [-0.05, 0) is 58.5 Å². The molecular weight excluding hydrogens is 561 g/mol. The SMILES string of the molecule is CC.Cc1ccc2cc(CSc3cc(F)c(-c4ccc5c(F)c(C#CC(F)(F)F)c(F)cc5c4)c(F)c3)ccc2c1. The summed E-state index contributed by atoms with van der Waals surface area (Å²) in [6, 6.07) is 18.8. The molecule has 0 saturated heterocycles. The van der Waals surface area contributed by atoms with Crippen LogP contribution in [0.5, 0.6) is 0 Å². The predicted octanol–water partition coefficient (Wildman–Crippen LogP) is 10.8. The Morgan fingerprint density at radius 1 is 0.707 bits per heavy atom. The number of halogens is 7. The average Bonchev–Trinajstić information content (AvgIpc) is 2.91. The van der Waals surface area contributed by atoms with Gasteiger partial charge in [-0.3, -0.25) is 0 Å². The topological polar surface area (TPSA) is 0 Å². The number of thioether (sulfide) groups is 1. The number of aryl methyl sites for hydroxylation is 1. The largest absolute Gasteiger partial charge is 0.458 e. The maximum absolute atomic E-state index is 15.1. The molecule has 0 aliphatic rings. The van der Waals surface area contributed by atoms with Crippen LogP contribution in [0.2, 0.25) is 0 Å². The number of hydrogen-bond donors (Lipinski definition) is 0. The van der Waals surface area contributed by atoms with Gasteiger partial charge in [0.2, 0.25) is 0 Å². The van der Waals surface area contributed by atoms with E-state index in [2.05, 4.69) is 6.07 Å². The molecule has 0 bridgehead atoms. The average molecular weight is 585 g/mol. The number of fused-ring (bicyclic) bond motifs is 2. The highest BCUT2D eigenvalue weighted by Crippen LogP contribution is 2.35. The smallest absolute Gasteiger partial charge is 0.206 e. The van der Waals surface area contributed by atoms with Gasteiger partial charge in [-0.25, -0.2) is 17.6 Å². The van der Waals surface area contributed by atoms with Gasteiger partial charge in [0.25, 0.3) is 0 Å². The lowest BCUT2D eigenvalue weighted by Crippen LogP contribution is -2.02. The second-order valence-electron chi connectivity index (χ2n) is 8.97. The Labute approximate surface area is 237 Å². The van der Waals surface area contributed by atoms with Crippen LogP contribution in [0.25, 0.3) is 32.7 Å². The Bertz CT molecular complexity index is 1790. The molecule has 0 heterocycles. The molecule has 5 aromatic rings. The van der Waals surface area contributed by atoms with Gasteiger partial charge in [0.1, 0.15) is 23.3 Å². The summed E-state index contributed by atoms with van der Waals surface area (Å²) in [6.45, 7) is 6.01. The Balaban J connectivity index is 0.00000189. The second-order valence-corrected chi connectivity index (χ2v) is 10.0. The van der Waals surface area contributed by atoms with Crippen LogP contribution in [-0.4, -0.2) is 6.18 Å². The van der Waals surface area contributed by atoms with E-state index in [4.69, 9.17) is 0 Å². The normalized spacial score (nSPS) is 11.2. The minimum atomic E-state index is -4.92. The summed E-state index contributed by atoms with van der Waals surface area (Å²) >= 11 is 1.26. The van der Waals surface area contributed by atoms with E-state index >= 15 is 8.78 Å². The zero-order valence-corrected chi connectivity index (χ0v) is 23.0. The van der Waals surface area contributed by atoms with E-state index in [0.29, 0.717) is 10.6 Å². The molecule has 0 radical (unpaired) electrons. The quantitative estimate of drug-likeness (QED) is 0.115. The first-order valence-corrected chi connectivity index (χ1v) is 13.6. The van der Waals surface area contributed by atoms with Crippen molar-refractivity contribution in [1.29, 1.82) is 0 Å². The van der Waals surface area contributed by atoms with E-state index in [1.54, 1.807) is 0 Å². The van der Waals surface area contributed by atoms with Crippen molar-refractivity contribution in [3.8, 4) is 23.0 Å². The zero-order valence-electron chi connectivity index (χ0n) is 22.2. The summed E-state index contributed by atoms with van der Waals surface area (Å²) in [6.07, 6.45) is -4.92. The van der Waals surface area contributed by atoms with Crippen molar-refractivity contribution in [2.75, 3.05) is 0 Å². The molecule has 0 atom stereocenters. The van der Waals surface area contributed by atoms with Gasteiger partial charge in [-0.2, -0.15) is 13.2 Å². The molecule has 0 spiro atoms. The van der Waals surface area contributed by atoms with E-state index in [9.17, 15) is 22.0 Å². The summed E-state index contributed by atoms with van der Waals surface area (Å²) in [5.41, 5.74) is 0.736. The van der Waals surface area contributed by atoms with Crippen molar-refractivity contribution in [1.82, 2.24) is 0 Å². The Hall–Kier alpha value is -3.96. The van der Waals surface area contributed by atoms with Crippen LogP contribution >= 0.6 is 11.8 Å². The monoisotopic (exact) mass is 584 g/mol. The summed E-state index contributed by atoms with van der Waals surface area (Å²) in [7, 11) is 0. The lowest BCUT2D eigenvalue weighted by Gasteiger charge is -2.11. The molecule has 0 aliphatic heterocycles. The number of alkyl halides is 3. The number of benzene rings is 5. The maximum Gasteiger partial charge on any atom is 0.458 e. The third kappa shape index (κ3) is 6.86. The van der Waals surface area contributed by atoms with E-state index in [1.165, 1.54) is 41.9 Å². The maximum atomic E-state index is 15.1. The van der Waals surface area contributed by atoms with E-state index in [-0.39, 0.29) is 21.9 Å². The third-order valence-electron chi connectivity index (χ3n) is 6.13. The molecule has 210 valence electrons. The van der Waals surface area contributed by atoms with E-state index in [0.717, 1.165) is 40.0 Å². The highest BCUT2D eigenvalue weighted by atomic mass is 32.2. The molecule has 0 aromatic heterocycles. The molecule has 5 aromatic carbocycles. The second kappa shape index (κ2) is 12.3. The number of rotatable bonds is 4. The molecule has 5 rings (SSSR count). The fourth-order valence-electron chi connectivity index (χ4n) is 4.31. The summed E-state index contributed by atoms with van der Waals surface area (Å²) < 4.78 is 96.4. The van der Waals surface area contributed by atoms with Crippen molar-refractivity contribution >= 4 is 33.3 Å². The lowest BCUT2D eigenvalue weighted by molar-refractivity contribution is -0.0696. The van der Waals surface area contributed by atoms with Gasteiger partial charge < -0.3 is 0 Å². The Kier molecular flexibility index (Phi) is 8.98. The van der Waals surface area contributed by atoms with Crippen LogP contribution in [-0.2, 0) is 5.75 Å². The predicted molar refractivity (Wildman–Crippen MR) is 152 cm³/mol. The highest BCUT2D eigenvalue weighted by molar-refractivity contribution is 7.98. The first-order chi connectivity index (χ1) is 19.5. The fraction of sp³-hybridized carbons (Fsp3) is 0.152. The lowest BCUT2D eigenvalue weighted by atomic mass is 9.98. The molecule has 0 amide bonds. The minimum absolute atomic E-state index is 0.0202. The van der Waals surface area contributed by atoms with Crippen LogP contribution in [0.4, 0.5) is 30.7 Å². The molecule has 0 unspecified atom stereocenters. The van der Waals surface area contributed by atoms with Crippen LogP contribution in [0.3, 0.4) is 0 Å². The number of hydrogen-bond acceptors (Lipinski definition) is 1. The van der Waals surface area contributed by atoms with Crippen molar-refractivity contribution in [2.45, 2.75) is 37.6 Å². The van der Waals surface area contributed by atoms with Crippen LogP contribution < -0.4 is 0 Å². The molecular formula is C33H23F7S. The van der Waals surface area contributed by atoms with Gasteiger partial charge in [0.15, 0.2) is 0 Å². The molecule has 41 heavy (non-hydrogen) atoms. The van der Waals surface area contributed by atoms with Gasteiger partial charge >= 0.3 is 6.18 Å². The van der Waals surface area contributed by atoms with Gasteiger partial charge in [0, 0.05) is 22.0 Å². The van der Waals surface area contributed by atoms with Crippen LogP contribution in [0.1, 0.15) is 30.5 Å². The summed E-state index contributed by atoms with van der Waals surface area (Å²) in [4.78, 5) is 0.364. The fourth-order valence-corrected chi connectivity index (χ4v) is 5.20. The summed E-state index contributed by atoms with van der Waals surface area (Å²) in [5.74, 6) is -1.53. The Morgan fingerprint density at radius 3 is 2.05 bits per heavy atom. The first kappa shape index (κ1) is 30.0. The minimum Gasteiger partial charge on any atom is -0.206 e. The van der Waals surface area contributed by atoms with Crippen molar-refractivity contribution in [3.05, 3.63) is 113 Å². The van der Waals surface area contributed by atoms with E-state index < -0.39 is 35.0 Å². The Morgan fingerprint density at radius 2 is 1.37 bits per heavy atom. The molecule has 0 aliphatic carbocycles. The molecule has 0 saturated carbocycles. The van der Waals surface area contributed by atoms with Gasteiger partial charge in [0.05, 0.1) is 11.1 Å². The van der Waals surface area contributed by atoms with E-state index in [1.807, 2.05) is 51.1 Å². The molecule has 8 heteroatoms. The molecule has 0 fully saturated rings. The zero-order chi connectivity index (χ0) is 29.9. The van der Waals surface area contributed by atoms with Crippen LogP contribution in [0.15, 0.2) is 77.7 Å². The van der Waals surface area contributed by atoms with Crippen LogP contribution in [0, 0.1) is 42.0 Å². The van der Waals surface area contributed by atoms with Gasteiger partial charge in [-0.1, -0.05) is 73.9 Å². The van der Waals surface area contributed by atoms with Gasteiger partial charge in [-0.15, -0.1) is 11.8 Å². The third-order valence-corrected chi connectivity index (χ3v) is 7.17. The molecule has 0 nitrogen and oxygen atoms in total. The standard InChI is InChI=1S/C31H17F7S.C2H6/c1-17-2-4-20-11-18(3-5-19(20)10-17)16-39-23-14-27(33)29(28(34)15-23)21-6-7-24-22(12-21)13-26(32)25(30(24)35)8-9-31(36,37)38;1-2/h2-7,10-15H,16H2,1H3;1-2H3. The highest BCUT2D eigenvalue weighted by Gasteiger charge is 2.24.